The number of carbonyl (C=O) groups is 2. The lowest BCUT2D eigenvalue weighted by atomic mass is 10.1. The Hall–Kier alpha value is -2.21. The van der Waals surface area contributed by atoms with Crippen molar-refractivity contribution in [1.29, 1.82) is 0 Å². The van der Waals surface area contributed by atoms with E-state index in [1.165, 1.54) is 36.4 Å². The van der Waals surface area contributed by atoms with Gasteiger partial charge in [0.25, 0.3) is 0 Å². The molecule has 1 aliphatic carbocycles. The first-order valence-electron chi connectivity index (χ1n) is 8.14. The summed E-state index contributed by atoms with van der Waals surface area (Å²) in [5.74, 6) is 0.326. The van der Waals surface area contributed by atoms with Gasteiger partial charge in [-0.1, -0.05) is 6.07 Å². The number of hydrogen-bond donors (Lipinski definition) is 0. The molecule has 0 N–H and O–H groups in total. The molecule has 1 aromatic heterocycles. The first kappa shape index (κ1) is 17.6. The lowest BCUT2D eigenvalue weighted by molar-refractivity contribution is -0.142. The molecule has 0 amide bonds. The highest BCUT2D eigenvalue weighted by atomic mass is 32.2. The molecule has 0 unspecified atom stereocenters. The van der Waals surface area contributed by atoms with Crippen LogP contribution in [-0.4, -0.2) is 24.8 Å². The summed E-state index contributed by atoms with van der Waals surface area (Å²) in [7, 11) is 1.31. The molecule has 0 spiro atoms. The van der Waals surface area contributed by atoms with Crippen molar-refractivity contribution in [3.05, 3.63) is 52.5 Å². The topological polar surface area (TPSA) is 65.7 Å². The number of rotatable bonds is 6. The molecular formula is C19H20O5S. The zero-order valence-electron chi connectivity index (χ0n) is 14.3. The summed E-state index contributed by atoms with van der Waals surface area (Å²) in [4.78, 5) is 24.5. The van der Waals surface area contributed by atoms with Gasteiger partial charge in [0.15, 0.2) is 0 Å². The minimum Gasteiger partial charge on any atom is -0.465 e. The Morgan fingerprint density at radius 1 is 1.20 bits per heavy atom. The number of thioether (sulfide) groups is 1. The Morgan fingerprint density at radius 2 is 2.00 bits per heavy atom. The van der Waals surface area contributed by atoms with E-state index in [0.717, 1.165) is 17.7 Å². The van der Waals surface area contributed by atoms with Crippen LogP contribution < -0.4 is 0 Å². The van der Waals surface area contributed by atoms with E-state index >= 15 is 0 Å². The molecule has 0 aliphatic heterocycles. The molecule has 3 rings (SSSR count). The van der Waals surface area contributed by atoms with Gasteiger partial charge in [-0.25, -0.2) is 4.79 Å². The number of aryl methyl sites for hydroxylation is 3. The van der Waals surface area contributed by atoms with Crippen molar-refractivity contribution in [2.45, 2.75) is 37.7 Å². The number of hydrogen-bond acceptors (Lipinski definition) is 6. The normalized spacial score (nSPS) is 12.7. The highest BCUT2D eigenvalue weighted by Gasteiger charge is 2.16. The fraction of sp³-hybridized carbons (Fsp3) is 0.368. The van der Waals surface area contributed by atoms with Crippen molar-refractivity contribution < 1.29 is 23.5 Å². The monoisotopic (exact) mass is 360 g/mol. The van der Waals surface area contributed by atoms with E-state index in [1.54, 1.807) is 13.0 Å². The van der Waals surface area contributed by atoms with Crippen LogP contribution in [0, 0.1) is 6.92 Å². The fourth-order valence-electron chi connectivity index (χ4n) is 2.90. The second kappa shape index (κ2) is 7.78. The number of fused-ring (bicyclic) bond motifs is 1. The van der Waals surface area contributed by atoms with Crippen LogP contribution >= 0.6 is 11.8 Å². The fourth-order valence-corrected chi connectivity index (χ4v) is 3.66. The third kappa shape index (κ3) is 4.25. The van der Waals surface area contributed by atoms with Crippen molar-refractivity contribution in [2.24, 2.45) is 0 Å². The number of esters is 2. The second-order valence-corrected chi connectivity index (χ2v) is 6.96. The Balaban J connectivity index is 1.49. The molecular weight excluding hydrogens is 340 g/mol. The first-order chi connectivity index (χ1) is 12.1. The third-order valence-electron chi connectivity index (χ3n) is 4.18. The van der Waals surface area contributed by atoms with E-state index in [-0.39, 0.29) is 18.3 Å². The number of carbonyl (C=O) groups excluding carboxylic acids is 2. The smallest absolute Gasteiger partial charge is 0.341 e. The van der Waals surface area contributed by atoms with Gasteiger partial charge in [0, 0.05) is 4.90 Å². The van der Waals surface area contributed by atoms with Crippen molar-refractivity contribution in [1.82, 2.24) is 0 Å². The van der Waals surface area contributed by atoms with Crippen LogP contribution in [0.15, 0.2) is 33.6 Å². The van der Waals surface area contributed by atoms with Gasteiger partial charge < -0.3 is 13.9 Å². The minimum absolute atomic E-state index is 0.00140. The molecule has 6 heteroatoms. The molecule has 1 heterocycles. The van der Waals surface area contributed by atoms with Gasteiger partial charge in [0.05, 0.1) is 12.9 Å². The highest BCUT2D eigenvalue weighted by Crippen LogP contribution is 2.27. The van der Waals surface area contributed by atoms with Crippen LogP contribution in [0.2, 0.25) is 0 Å². The summed E-state index contributed by atoms with van der Waals surface area (Å²) < 4.78 is 15.3. The molecule has 5 nitrogen and oxygen atoms in total. The predicted octanol–water partition coefficient (Wildman–Crippen LogP) is 3.70. The van der Waals surface area contributed by atoms with Gasteiger partial charge in [0.2, 0.25) is 0 Å². The molecule has 0 atom stereocenters. The van der Waals surface area contributed by atoms with Crippen LogP contribution in [0.3, 0.4) is 0 Å². The molecule has 1 aliphatic rings. The summed E-state index contributed by atoms with van der Waals surface area (Å²) in [6.07, 6.45) is 3.48. The van der Waals surface area contributed by atoms with E-state index in [2.05, 4.69) is 22.9 Å². The van der Waals surface area contributed by atoms with E-state index in [1.807, 2.05) is 0 Å². The maximum Gasteiger partial charge on any atom is 0.341 e. The van der Waals surface area contributed by atoms with Crippen LogP contribution in [0.5, 0.6) is 0 Å². The molecule has 0 saturated heterocycles. The van der Waals surface area contributed by atoms with Crippen LogP contribution in [-0.2, 0) is 33.7 Å². The number of ether oxygens (including phenoxy) is 2. The van der Waals surface area contributed by atoms with Crippen LogP contribution in [0.1, 0.15) is 39.4 Å². The standard InChI is InChI=1S/C19H20O5S/c1-12-17(19(21)22-2)9-15(24-12)10-23-18(20)11-25-16-7-6-13-4-3-5-14(13)8-16/h6-9H,3-5,10-11H2,1-2H3. The lowest BCUT2D eigenvalue weighted by Gasteiger charge is -2.05. The SMILES string of the molecule is COC(=O)c1cc(COC(=O)CSc2ccc3c(c2)CCC3)oc1C. The third-order valence-corrected chi connectivity index (χ3v) is 5.14. The van der Waals surface area contributed by atoms with Gasteiger partial charge >= 0.3 is 11.9 Å². The zero-order valence-corrected chi connectivity index (χ0v) is 15.1. The van der Waals surface area contributed by atoms with Crippen molar-refractivity contribution >= 4 is 23.7 Å². The quantitative estimate of drug-likeness (QED) is 0.578. The van der Waals surface area contributed by atoms with Crippen molar-refractivity contribution in [2.75, 3.05) is 12.9 Å². The Morgan fingerprint density at radius 3 is 2.80 bits per heavy atom. The first-order valence-corrected chi connectivity index (χ1v) is 9.13. The highest BCUT2D eigenvalue weighted by molar-refractivity contribution is 8.00. The molecule has 1 aromatic carbocycles. The number of methoxy groups -OCH3 is 1. The van der Waals surface area contributed by atoms with Gasteiger partial charge in [-0.05, 0) is 55.5 Å². The molecule has 0 fully saturated rings. The summed E-state index contributed by atoms with van der Waals surface area (Å²) >= 11 is 1.47. The van der Waals surface area contributed by atoms with Crippen molar-refractivity contribution in [3.8, 4) is 0 Å². The largest absolute Gasteiger partial charge is 0.465 e. The second-order valence-electron chi connectivity index (χ2n) is 5.91. The molecule has 25 heavy (non-hydrogen) atoms. The van der Waals surface area contributed by atoms with Gasteiger partial charge in [-0.2, -0.15) is 0 Å². The summed E-state index contributed by atoms with van der Waals surface area (Å²) in [5, 5.41) is 0. The average molecular weight is 360 g/mol. The van der Waals surface area contributed by atoms with E-state index < -0.39 is 5.97 Å². The summed E-state index contributed by atoms with van der Waals surface area (Å²) in [6, 6.07) is 7.91. The van der Waals surface area contributed by atoms with E-state index in [0.29, 0.717) is 17.1 Å². The molecule has 2 aromatic rings. The van der Waals surface area contributed by atoms with Crippen LogP contribution in [0.25, 0.3) is 0 Å². The summed E-state index contributed by atoms with van der Waals surface area (Å²) in [5.41, 5.74) is 3.15. The van der Waals surface area contributed by atoms with Gasteiger partial charge in [0.1, 0.15) is 23.7 Å². The maximum atomic E-state index is 11.9. The minimum atomic E-state index is -0.467. The Labute approximate surface area is 150 Å². The molecule has 0 radical (unpaired) electrons. The maximum absolute atomic E-state index is 11.9. The molecule has 0 bridgehead atoms. The average Bonchev–Trinajstić information content (AvgIpc) is 3.23. The molecule has 0 saturated carbocycles. The number of benzene rings is 1. The number of furan rings is 1. The molecule has 132 valence electrons. The van der Waals surface area contributed by atoms with E-state index in [4.69, 9.17) is 9.15 Å². The van der Waals surface area contributed by atoms with Gasteiger partial charge in [-0.3, -0.25) is 4.79 Å². The lowest BCUT2D eigenvalue weighted by Crippen LogP contribution is -2.07. The Kier molecular flexibility index (Phi) is 5.48. The van der Waals surface area contributed by atoms with Crippen molar-refractivity contribution in [3.63, 3.8) is 0 Å². The summed E-state index contributed by atoms with van der Waals surface area (Å²) in [6.45, 7) is 1.67. The van der Waals surface area contributed by atoms with E-state index in [9.17, 15) is 9.59 Å². The Bertz CT molecular complexity index is 793. The van der Waals surface area contributed by atoms with Gasteiger partial charge in [-0.15, -0.1) is 11.8 Å². The zero-order chi connectivity index (χ0) is 17.8. The van der Waals surface area contributed by atoms with Crippen LogP contribution in [0.4, 0.5) is 0 Å². The predicted molar refractivity (Wildman–Crippen MR) is 93.8 cm³/mol.